The lowest BCUT2D eigenvalue weighted by molar-refractivity contribution is -0.686. The summed E-state index contributed by atoms with van der Waals surface area (Å²) in [5, 5.41) is 1.82. The second-order valence-electron chi connectivity index (χ2n) is 8.70. The number of hydrogen-bond acceptors (Lipinski definition) is 5. The van der Waals surface area contributed by atoms with Gasteiger partial charge in [0.25, 0.3) is 0 Å². The minimum Gasteiger partial charge on any atom is -1.00 e. The van der Waals surface area contributed by atoms with E-state index in [2.05, 4.69) is 22.8 Å². The Hall–Kier alpha value is -2.99. The van der Waals surface area contributed by atoms with Gasteiger partial charge in [0.1, 0.15) is 0 Å². The van der Waals surface area contributed by atoms with E-state index in [0.717, 1.165) is 46.5 Å². The third-order valence-corrected chi connectivity index (χ3v) is 5.60. The Morgan fingerprint density at radius 3 is 2.55 bits per heavy atom. The van der Waals surface area contributed by atoms with E-state index in [9.17, 15) is 4.79 Å². The molecular formula is C24H24ClNO5. The summed E-state index contributed by atoms with van der Waals surface area (Å²) in [6.07, 6.45) is 2.93. The molecule has 0 amide bonds. The molecule has 0 aliphatic carbocycles. The maximum absolute atomic E-state index is 12.6. The van der Waals surface area contributed by atoms with Gasteiger partial charge in [-0.2, -0.15) is 4.57 Å². The zero-order valence-electron chi connectivity index (χ0n) is 18.0. The third-order valence-electron chi connectivity index (χ3n) is 5.60. The van der Waals surface area contributed by atoms with Crippen LogP contribution in [0, 0.1) is 5.41 Å². The number of carbonyl (C=O) groups excluding carboxylic acids is 1. The first-order chi connectivity index (χ1) is 14.3. The number of rotatable bonds is 2. The van der Waals surface area contributed by atoms with Crippen LogP contribution in [0.1, 0.15) is 26.3 Å². The van der Waals surface area contributed by atoms with Gasteiger partial charge >= 0.3 is 5.97 Å². The van der Waals surface area contributed by atoms with E-state index in [1.54, 1.807) is 7.11 Å². The number of benzene rings is 2. The number of ether oxygens (including phenoxy) is 4. The van der Waals surface area contributed by atoms with Gasteiger partial charge in [-0.1, -0.05) is 0 Å². The average Bonchev–Trinajstić information content (AvgIpc) is 3.18. The number of fused-ring (bicyclic) bond motifs is 5. The minimum absolute atomic E-state index is 0. The zero-order valence-corrected chi connectivity index (χ0v) is 18.7. The number of hydrogen-bond donors (Lipinski definition) is 0. The zero-order chi connectivity index (χ0) is 21.0. The fraction of sp³-hybridized carbons (Fsp3) is 0.333. The summed E-state index contributed by atoms with van der Waals surface area (Å²) in [5.74, 6) is 2.29. The topological polar surface area (TPSA) is 57.9 Å². The molecule has 2 aliphatic heterocycles. The average molecular weight is 442 g/mol. The molecule has 2 aromatic carbocycles. The summed E-state index contributed by atoms with van der Waals surface area (Å²) in [6, 6.07) is 10.1. The summed E-state index contributed by atoms with van der Waals surface area (Å²) in [7, 11) is 1.58. The summed E-state index contributed by atoms with van der Waals surface area (Å²) >= 11 is 0. The van der Waals surface area contributed by atoms with E-state index >= 15 is 0 Å². The molecule has 2 aliphatic rings. The number of aromatic nitrogens is 1. The highest BCUT2D eigenvalue weighted by atomic mass is 35.5. The normalized spacial score (nSPS) is 13.8. The monoisotopic (exact) mass is 441 g/mol. The number of esters is 1. The largest absolute Gasteiger partial charge is 1.00 e. The number of methoxy groups -OCH3 is 1. The molecule has 7 heteroatoms. The molecule has 0 radical (unpaired) electrons. The second kappa shape index (κ2) is 7.61. The quantitative estimate of drug-likeness (QED) is 0.338. The van der Waals surface area contributed by atoms with E-state index < -0.39 is 5.41 Å². The van der Waals surface area contributed by atoms with Crippen LogP contribution in [-0.2, 0) is 17.8 Å². The van der Waals surface area contributed by atoms with Crippen molar-refractivity contribution in [2.45, 2.75) is 33.7 Å². The number of carbonyl (C=O) groups is 1. The van der Waals surface area contributed by atoms with Crippen LogP contribution in [0.4, 0.5) is 0 Å². The van der Waals surface area contributed by atoms with Gasteiger partial charge < -0.3 is 31.4 Å². The van der Waals surface area contributed by atoms with Crippen molar-refractivity contribution in [3.8, 4) is 34.3 Å². The summed E-state index contributed by atoms with van der Waals surface area (Å²) in [6.45, 7) is 6.60. The van der Waals surface area contributed by atoms with Gasteiger partial charge in [0, 0.05) is 12.5 Å². The van der Waals surface area contributed by atoms with E-state index in [0.29, 0.717) is 11.5 Å². The molecule has 5 rings (SSSR count). The maximum atomic E-state index is 12.6. The van der Waals surface area contributed by atoms with Crippen molar-refractivity contribution >= 4 is 16.7 Å². The molecule has 1 aromatic heterocycles. The Bertz CT molecular complexity index is 1200. The summed E-state index contributed by atoms with van der Waals surface area (Å²) in [5.41, 5.74) is 2.86. The standard InChI is InChI=1S/C24H24NO5.ClH/c1-24(2,3)23(26)30-22-17-12-25-8-7-15-10-20-21(29-13-28-20)11-16(15)18(25)9-14(17)5-6-19(22)27-4;/h5-6,9-12H,7-8,13H2,1-4H3;1H/q+1;/p-1. The molecule has 3 heterocycles. The summed E-state index contributed by atoms with van der Waals surface area (Å²) < 4.78 is 24.6. The highest BCUT2D eigenvalue weighted by molar-refractivity contribution is 5.94. The molecule has 0 N–H and O–H groups in total. The van der Waals surface area contributed by atoms with Crippen molar-refractivity contribution in [3.63, 3.8) is 0 Å². The fourth-order valence-corrected chi connectivity index (χ4v) is 3.91. The first kappa shape index (κ1) is 21.2. The Balaban J connectivity index is 0.00000231. The molecule has 0 saturated heterocycles. The Morgan fingerprint density at radius 1 is 1.10 bits per heavy atom. The van der Waals surface area contributed by atoms with Gasteiger partial charge in [-0.05, 0) is 56.0 Å². The van der Waals surface area contributed by atoms with Crippen molar-refractivity contribution in [2.24, 2.45) is 5.41 Å². The van der Waals surface area contributed by atoms with Crippen molar-refractivity contribution in [1.29, 1.82) is 0 Å². The third kappa shape index (κ3) is 3.55. The van der Waals surface area contributed by atoms with Gasteiger partial charge in [-0.3, -0.25) is 4.79 Å². The predicted octanol–water partition coefficient (Wildman–Crippen LogP) is 1.04. The van der Waals surface area contributed by atoms with Crippen LogP contribution in [0.25, 0.3) is 22.0 Å². The van der Waals surface area contributed by atoms with Crippen LogP contribution in [-0.4, -0.2) is 19.9 Å². The van der Waals surface area contributed by atoms with Gasteiger partial charge in [0.2, 0.25) is 12.5 Å². The minimum atomic E-state index is -0.615. The van der Waals surface area contributed by atoms with E-state index in [4.69, 9.17) is 18.9 Å². The van der Waals surface area contributed by atoms with Gasteiger partial charge in [-0.15, -0.1) is 0 Å². The lowest BCUT2D eigenvalue weighted by atomic mass is 9.95. The Morgan fingerprint density at radius 2 is 1.84 bits per heavy atom. The van der Waals surface area contributed by atoms with Gasteiger partial charge in [0.05, 0.1) is 23.5 Å². The molecule has 0 unspecified atom stereocenters. The molecule has 0 saturated carbocycles. The van der Waals surface area contributed by atoms with E-state index in [-0.39, 0.29) is 25.2 Å². The maximum Gasteiger partial charge on any atom is 0.316 e. The van der Waals surface area contributed by atoms with E-state index in [1.165, 1.54) is 5.56 Å². The number of pyridine rings is 1. The summed E-state index contributed by atoms with van der Waals surface area (Å²) in [4.78, 5) is 12.6. The molecule has 0 fully saturated rings. The molecule has 31 heavy (non-hydrogen) atoms. The number of aryl methyl sites for hydroxylation is 2. The van der Waals surface area contributed by atoms with Crippen LogP contribution in [0.2, 0.25) is 0 Å². The van der Waals surface area contributed by atoms with Crippen molar-refractivity contribution in [3.05, 3.63) is 42.1 Å². The molecule has 0 spiro atoms. The van der Waals surface area contributed by atoms with Crippen molar-refractivity contribution < 1.29 is 40.7 Å². The predicted molar refractivity (Wildman–Crippen MR) is 111 cm³/mol. The lowest BCUT2D eigenvalue weighted by Gasteiger charge is -2.20. The van der Waals surface area contributed by atoms with Gasteiger partial charge in [0.15, 0.2) is 35.7 Å². The Labute approximate surface area is 187 Å². The van der Waals surface area contributed by atoms with Crippen LogP contribution < -0.4 is 35.9 Å². The number of halogens is 1. The molecule has 0 bridgehead atoms. The first-order valence-corrected chi connectivity index (χ1v) is 10.0. The SMILES string of the molecule is COc1ccc2cc3[n+](cc2c1OC(=O)C(C)(C)C)CCc1cc2c(cc1-3)OCO2.[Cl-]. The molecule has 162 valence electrons. The molecule has 3 aromatic rings. The second-order valence-corrected chi connectivity index (χ2v) is 8.70. The van der Waals surface area contributed by atoms with Gasteiger partial charge in [-0.25, -0.2) is 0 Å². The lowest BCUT2D eigenvalue weighted by Crippen LogP contribution is -3.00. The molecular weight excluding hydrogens is 418 g/mol. The van der Waals surface area contributed by atoms with Crippen LogP contribution in [0.3, 0.4) is 0 Å². The number of nitrogens with zero attached hydrogens (tertiary/aromatic N) is 1. The van der Waals surface area contributed by atoms with Crippen LogP contribution in [0.15, 0.2) is 36.5 Å². The molecule has 6 nitrogen and oxygen atoms in total. The Kier molecular flexibility index (Phi) is 5.21. The van der Waals surface area contributed by atoms with E-state index in [1.807, 2.05) is 39.1 Å². The highest BCUT2D eigenvalue weighted by Gasteiger charge is 2.30. The smallest absolute Gasteiger partial charge is 0.316 e. The van der Waals surface area contributed by atoms with Crippen LogP contribution >= 0.6 is 0 Å². The fourth-order valence-electron chi connectivity index (χ4n) is 3.91. The molecule has 0 atom stereocenters. The highest BCUT2D eigenvalue weighted by Crippen LogP contribution is 2.42. The van der Waals surface area contributed by atoms with Crippen molar-refractivity contribution in [2.75, 3.05) is 13.9 Å². The van der Waals surface area contributed by atoms with Crippen LogP contribution in [0.5, 0.6) is 23.0 Å². The van der Waals surface area contributed by atoms with Crippen molar-refractivity contribution in [1.82, 2.24) is 0 Å². The first-order valence-electron chi connectivity index (χ1n) is 10.0.